The zero-order chi connectivity index (χ0) is 17.3. The maximum atomic E-state index is 13.6. The molecule has 25 heavy (non-hydrogen) atoms. The highest BCUT2D eigenvalue weighted by Crippen LogP contribution is 2.47. The van der Waals surface area contributed by atoms with Crippen LogP contribution < -0.4 is 14.8 Å². The van der Waals surface area contributed by atoms with Gasteiger partial charge in [0.05, 0.1) is 0 Å². The van der Waals surface area contributed by atoms with Crippen LogP contribution in [-0.2, 0) is 11.2 Å². The third-order valence-corrected chi connectivity index (χ3v) is 4.76. The first-order valence-electron chi connectivity index (χ1n) is 8.69. The van der Waals surface area contributed by atoms with Crippen LogP contribution in [0, 0.1) is 5.82 Å². The monoisotopic (exact) mass is 341 g/mol. The maximum Gasteiger partial charge on any atom is 0.251 e. The molecule has 1 heterocycles. The van der Waals surface area contributed by atoms with Crippen molar-refractivity contribution in [1.82, 2.24) is 0 Å². The molecule has 0 unspecified atom stereocenters. The van der Waals surface area contributed by atoms with Crippen LogP contribution in [0.4, 0.5) is 10.1 Å². The fourth-order valence-corrected chi connectivity index (χ4v) is 3.46. The van der Waals surface area contributed by atoms with Crippen LogP contribution in [0.25, 0.3) is 0 Å². The highest BCUT2D eigenvalue weighted by atomic mass is 19.1. The number of hydrogen-bond donors (Lipinski definition) is 1. The van der Waals surface area contributed by atoms with E-state index in [0.29, 0.717) is 23.4 Å². The lowest BCUT2D eigenvalue weighted by Crippen LogP contribution is -2.34. The quantitative estimate of drug-likeness (QED) is 0.894. The molecule has 2 aliphatic rings. The van der Waals surface area contributed by atoms with Crippen LogP contribution in [0.2, 0.25) is 0 Å². The number of halogens is 1. The van der Waals surface area contributed by atoms with Gasteiger partial charge in [0.1, 0.15) is 5.82 Å². The number of nitrogens with one attached hydrogen (secondary N) is 1. The molecule has 130 valence electrons. The first kappa shape index (κ1) is 15.9. The molecule has 0 atom stereocenters. The average Bonchev–Trinajstić information content (AvgIpc) is 3.20. The van der Waals surface area contributed by atoms with E-state index in [0.717, 1.165) is 31.4 Å². The van der Waals surface area contributed by atoms with Crippen molar-refractivity contribution in [2.45, 2.75) is 44.3 Å². The van der Waals surface area contributed by atoms with Gasteiger partial charge in [-0.1, -0.05) is 18.2 Å². The number of hydrogen-bond acceptors (Lipinski definition) is 3. The molecule has 4 rings (SSSR count). The van der Waals surface area contributed by atoms with Crippen molar-refractivity contribution >= 4 is 11.6 Å². The Labute approximate surface area is 146 Å². The Morgan fingerprint density at radius 1 is 1.08 bits per heavy atom. The molecule has 0 bridgehead atoms. The number of ether oxygens (including phenoxy) is 2. The van der Waals surface area contributed by atoms with Gasteiger partial charge in [-0.2, -0.15) is 0 Å². The number of carbonyl (C=O) groups excluding carboxylic acids is 1. The summed E-state index contributed by atoms with van der Waals surface area (Å²) in [6.45, 7) is 0. The summed E-state index contributed by atoms with van der Waals surface area (Å²) in [7, 11) is 0. The van der Waals surface area contributed by atoms with Crippen LogP contribution >= 0.6 is 0 Å². The van der Waals surface area contributed by atoms with Crippen molar-refractivity contribution < 1.29 is 18.7 Å². The molecule has 4 nitrogen and oxygen atoms in total. The summed E-state index contributed by atoms with van der Waals surface area (Å²) in [5, 5.41) is 2.84. The van der Waals surface area contributed by atoms with Crippen LogP contribution in [0.3, 0.4) is 0 Å². The lowest BCUT2D eigenvalue weighted by molar-refractivity contribution is -0.116. The molecular formula is C20H20FNO3. The van der Waals surface area contributed by atoms with E-state index in [1.165, 1.54) is 6.07 Å². The molecule has 1 fully saturated rings. The van der Waals surface area contributed by atoms with Gasteiger partial charge in [0.15, 0.2) is 11.5 Å². The first-order valence-corrected chi connectivity index (χ1v) is 8.69. The molecule has 2 aromatic rings. The minimum atomic E-state index is -0.504. The summed E-state index contributed by atoms with van der Waals surface area (Å²) in [4.78, 5) is 12.1. The van der Waals surface area contributed by atoms with Crippen molar-refractivity contribution in [3.63, 3.8) is 0 Å². The van der Waals surface area contributed by atoms with Crippen molar-refractivity contribution in [1.29, 1.82) is 0 Å². The second-order valence-electron chi connectivity index (χ2n) is 6.62. The molecule has 1 aliphatic heterocycles. The molecule has 0 saturated heterocycles. The summed E-state index contributed by atoms with van der Waals surface area (Å²) in [5.41, 5.74) is 1.21. The Bertz CT molecular complexity index is 799. The van der Waals surface area contributed by atoms with Crippen LogP contribution in [0.5, 0.6) is 11.5 Å². The molecule has 2 aromatic carbocycles. The average molecular weight is 341 g/mol. The highest BCUT2D eigenvalue weighted by molar-refractivity contribution is 5.91. The Morgan fingerprint density at radius 3 is 2.64 bits per heavy atom. The predicted octanol–water partition coefficient (Wildman–Crippen LogP) is 4.44. The molecule has 1 amide bonds. The number of aryl methyl sites for hydroxylation is 1. The summed E-state index contributed by atoms with van der Waals surface area (Å²) < 4.78 is 25.6. The molecule has 1 saturated carbocycles. The molecule has 1 aliphatic carbocycles. The number of carbonyl (C=O) groups is 1. The second-order valence-corrected chi connectivity index (χ2v) is 6.62. The summed E-state index contributed by atoms with van der Waals surface area (Å²) in [6, 6.07) is 11.9. The fraction of sp³-hybridized carbons (Fsp3) is 0.350. The van der Waals surface area contributed by atoms with E-state index in [-0.39, 0.29) is 18.1 Å². The minimum Gasteiger partial charge on any atom is -0.448 e. The van der Waals surface area contributed by atoms with Crippen molar-refractivity contribution in [2.24, 2.45) is 0 Å². The number of amides is 1. The zero-order valence-corrected chi connectivity index (χ0v) is 13.9. The van der Waals surface area contributed by atoms with Gasteiger partial charge < -0.3 is 14.8 Å². The Morgan fingerprint density at radius 2 is 1.84 bits per heavy atom. The van der Waals surface area contributed by atoms with Gasteiger partial charge in [0.2, 0.25) is 5.91 Å². The molecule has 0 radical (unpaired) electrons. The predicted molar refractivity (Wildman–Crippen MR) is 92.2 cm³/mol. The van der Waals surface area contributed by atoms with Gasteiger partial charge in [-0.3, -0.25) is 4.79 Å². The van der Waals surface area contributed by atoms with E-state index in [1.807, 2.05) is 6.07 Å². The standard InChI is InChI=1S/C20H20FNO3/c21-16-6-2-1-5-14(16)7-10-19(23)22-15-8-9-17-18(13-15)25-20(24-17)11-3-4-12-20/h1-2,5-6,8-9,13H,3-4,7,10-12H2,(H,22,23). The van der Waals surface area contributed by atoms with Crippen molar-refractivity contribution in [3.05, 3.63) is 53.8 Å². The Kier molecular flexibility index (Phi) is 4.07. The zero-order valence-electron chi connectivity index (χ0n) is 13.9. The topological polar surface area (TPSA) is 47.6 Å². The summed E-state index contributed by atoms with van der Waals surface area (Å²) in [5.74, 6) is 0.466. The van der Waals surface area contributed by atoms with E-state index in [9.17, 15) is 9.18 Å². The smallest absolute Gasteiger partial charge is 0.251 e. The Hall–Kier alpha value is -2.56. The highest BCUT2D eigenvalue weighted by Gasteiger charge is 2.44. The normalized spacial score (nSPS) is 17.0. The number of fused-ring (bicyclic) bond motifs is 1. The lowest BCUT2D eigenvalue weighted by Gasteiger charge is -2.21. The number of anilines is 1. The molecule has 0 aromatic heterocycles. The van der Waals surface area contributed by atoms with E-state index in [1.54, 1.807) is 30.3 Å². The van der Waals surface area contributed by atoms with E-state index in [4.69, 9.17) is 9.47 Å². The number of benzene rings is 2. The number of rotatable bonds is 4. The van der Waals surface area contributed by atoms with Gasteiger partial charge in [0.25, 0.3) is 5.79 Å². The van der Waals surface area contributed by atoms with Gasteiger partial charge >= 0.3 is 0 Å². The maximum absolute atomic E-state index is 13.6. The first-order chi connectivity index (χ1) is 12.1. The third-order valence-electron chi connectivity index (χ3n) is 4.76. The van der Waals surface area contributed by atoms with Crippen LogP contribution in [0.1, 0.15) is 37.7 Å². The fourth-order valence-electron chi connectivity index (χ4n) is 3.46. The van der Waals surface area contributed by atoms with Crippen molar-refractivity contribution in [3.8, 4) is 11.5 Å². The van der Waals surface area contributed by atoms with Gasteiger partial charge in [-0.25, -0.2) is 4.39 Å². The van der Waals surface area contributed by atoms with Gasteiger partial charge in [-0.15, -0.1) is 0 Å². The second kappa shape index (κ2) is 6.39. The third kappa shape index (κ3) is 3.31. The minimum absolute atomic E-state index is 0.155. The van der Waals surface area contributed by atoms with Crippen LogP contribution in [-0.4, -0.2) is 11.7 Å². The van der Waals surface area contributed by atoms with Gasteiger partial charge in [0, 0.05) is 31.0 Å². The van der Waals surface area contributed by atoms with E-state index < -0.39 is 5.79 Å². The van der Waals surface area contributed by atoms with E-state index in [2.05, 4.69) is 5.32 Å². The summed E-state index contributed by atoms with van der Waals surface area (Å²) in [6.07, 6.45) is 4.59. The molecule has 1 spiro atoms. The Balaban J connectivity index is 1.37. The largest absolute Gasteiger partial charge is 0.448 e. The molecule has 5 heteroatoms. The lowest BCUT2D eigenvalue weighted by atomic mass is 10.1. The van der Waals surface area contributed by atoms with Crippen molar-refractivity contribution in [2.75, 3.05) is 5.32 Å². The summed E-state index contributed by atoms with van der Waals surface area (Å²) >= 11 is 0. The van der Waals surface area contributed by atoms with E-state index >= 15 is 0 Å². The SMILES string of the molecule is O=C(CCc1ccccc1F)Nc1ccc2c(c1)OC1(CCCC1)O2. The van der Waals surface area contributed by atoms with Crippen LogP contribution in [0.15, 0.2) is 42.5 Å². The molecule has 1 N–H and O–H groups in total. The van der Waals surface area contributed by atoms with Gasteiger partial charge in [-0.05, 0) is 43.0 Å². The molecular weight excluding hydrogens is 321 g/mol.